The number of esters is 2. The van der Waals surface area contributed by atoms with E-state index in [0.29, 0.717) is 6.42 Å². The first-order valence-corrected chi connectivity index (χ1v) is 3.78. The molecule has 0 aromatic carbocycles. The Hall–Kier alpha value is -1.32. The van der Waals surface area contributed by atoms with E-state index >= 15 is 0 Å². The zero-order valence-electron chi connectivity index (χ0n) is 6.78. The van der Waals surface area contributed by atoms with Crippen molar-refractivity contribution in [2.24, 2.45) is 0 Å². The Kier molecular flexibility index (Phi) is 2.85. The van der Waals surface area contributed by atoms with Crippen LogP contribution in [0.15, 0.2) is 12.2 Å². The molecule has 1 unspecified atom stereocenters. The maximum absolute atomic E-state index is 10.8. The minimum atomic E-state index is -0.919. The molecule has 0 amide bonds. The van der Waals surface area contributed by atoms with E-state index in [1.165, 1.54) is 0 Å². The number of hydrogen-bond donors (Lipinski definition) is 0. The second-order valence-electron chi connectivity index (χ2n) is 2.33. The second kappa shape index (κ2) is 3.90. The molecule has 4 heteroatoms. The Morgan fingerprint density at radius 1 is 1.50 bits per heavy atom. The molecular formula is C8H10O4. The number of carbonyl (C=O) groups excluding carboxylic acids is 2. The second-order valence-corrected chi connectivity index (χ2v) is 2.33. The molecule has 12 heavy (non-hydrogen) atoms. The third-order valence-corrected chi connectivity index (χ3v) is 1.42. The molecule has 1 aliphatic rings. The van der Waals surface area contributed by atoms with Crippen molar-refractivity contribution in [3.8, 4) is 0 Å². The third-order valence-electron chi connectivity index (χ3n) is 1.42. The van der Waals surface area contributed by atoms with Gasteiger partial charge in [0.25, 0.3) is 0 Å². The molecule has 0 saturated heterocycles. The number of hydrogen-bond acceptors (Lipinski definition) is 4. The third kappa shape index (κ3) is 2.08. The molecule has 1 atom stereocenters. The Labute approximate surface area is 70.1 Å². The summed E-state index contributed by atoms with van der Waals surface area (Å²) in [5.41, 5.74) is 0. The summed E-state index contributed by atoms with van der Waals surface area (Å²) in [5.74, 6) is -1.83. The van der Waals surface area contributed by atoms with Crippen molar-refractivity contribution in [2.75, 3.05) is 6.61 Å². The van der Waals surface area contributed by atoms with Gasteiger partial charge in [0.15, 0.2) is 0 Å². The van der Waals surface area contributed by atoms with Gasteiger partial charge in [-0.25, -0.2) is 9.59 Å². The Morgan fingerprint density at radius 3 is 2.58 bits per heavy atom. The van der Waals surface area contributed by atoms with Gasteiger partial charge in [0.05, 0.1) is 6.61 Å². The minimum absolute atomic E-state index is 0.189. The highest BCUT2D eigenvalue weighted by Gasteiger charge is 2.22. The van der Waals surface area contributed by atoms with Gasteiger partial charge in [0, 0.05) is 6.42 Å². The van der Waals surface area contributed by atoms with E-state index in [1.54, 1.807) is 13.0 Å². The van der Waals surface area contributed by atoms with Gasteiger partial charge in [-0.05, 0) is 13.0 Å². The fourth-order valence-corrected chi connectivity index (χ4v) is 0.710. The van der Waals surface area contributed by atoms with E-state index in [9.17, 15) is 9.59 Å². The van der Waals surface area contributed by atoms with Crippen LogP contribution in [0.25, 0.3) is 0 Å². The summed E-state index contributed by atoms with van der Waals surface area (Å²) in [7, 11) is 0. The van der Waals surface area contributed by atoms with Crippen LogP contribution in [0.3, 0.4) is 0 Å². The van der Waals surface area contributed by atoms with Crippen molar-refractivity contribution in [1.29, 1.82) is 0 Å². The molecule has 1 aliphatic carbocycles. The summed E-state index contributed by atoms with van der Waals surface area (Å²) in [5, 5.41) is 0. The topological polar surface area (TPSA) is 52.6 Å². The van der Waals surface area contributed by atoms with Crippen LogP contribution in [-0.4, -0.2) is 24.6 Å². The molecule has 0 aromatic heterocycles. The van der Waals surface area contributed by atoms with Gasteiger partial charge in [-0.1, -0.05) is 6.08 Å². The smallest absolute Gasteiger partial charge is 0.418 e. The summed E-state index contributed by atoms with van der Waals surface area (Å²) < 4.78 is 9.14. The highest BCUT2D eigenvalue weighted by Crippen LogP contribution is 2.11. The summed E-state index contributed by atoms with van der Waals surface area (Å²) in [4.78, 5) is 21.5. The minimum Gasteiger partial charge on any atom is -0.458 e. The van der Waals surface area contributed by atoms with Crippen molar-refractivity contribution in [3.63, 3.8) is 0 Å². The van der Waals surface area contributed by atoms with Crippen LogP contribution in [0.2, 0.25) is 0 Å². The first-order chi connectivity index (χ1) is 5.74. The van der Waals surface area contributed by atoms with Crippen molar-refractivity contribution in [1.82, 2.24) is 0 Å². The van der Waals surface area contributed by atoms with Crippen LogP contribution < -0.4 is 0 Å². The van der Waals surface area contributed by atoms with Crippen LogP contribution in [0.4, 0.5) is 0 Å². The Morgan fingerprint density at radius 2 is 2.17 bits per heavy atom. The van der Waals surface area contributed by atoms with Crippen molar-refractivity contribution in [2.45, 2.75) is 19.4 Å². The molecule has 0 heterocycles. The first-order valence-electron chi connectivity index (χ1n) is 3.78. The lowest BCUT2D eigenvalue weighted by Gasteiger charge is -2.17. The van der Waals surface area contributed by atoms with Crippen LogP contribution in [0, 0.1) is 0 Å². The summed E-state index contributed by atoms with van der Waals surface area (Å²) in [6.45, 7) is 1.82. The lowest BCUT2D eigenvalue weighted by molar-refractivity contribution is -0.169. The van der Waals surface area contributed by atoms with Crippen LogP contribution in [0.1, 0.15) is 13.3 Å². The summed E-state index contributed by atoms with van der Waals surface area (Å²) in [6.07, 6.45) is 4.03. The summed E-state index contributed by atoms with van der Waals surface area (Å²) in [6, 6.07) is 0. The average Bonchev–Trinajstić information content (AvgIpc) is 1.97. The largest absolute Gasteiger partial charge is 0.458 e. The Balaban J connectivity index is 2.27. The van der Waals surface area contributed by atoms with Crippen LogP contribution in [-0.2, 0) is 19.1 Å². The fraction of sp³-hybridized carbons (Fsp3) is 0.500. The van der Waals surface area contributed by atoms with E-state index < -0.39 is 11.9 Å². The lowest BCUT2D eigenvalue weighted by atomic mass is 10.1. The SMILES string of the molecule is CCOC(=O)C(=O)OC1C=CC1. The quantitative estimate of drug-likeness (QED) is 0.342. The molecule has 0 radical (unpaired) electrons. The molecule has 1 rings (SSSR count). The normalized spacial score (nSPS) is 19.6. The van der Waals surface area contributed by atoms with E-state index in [-0.39, 0.29) is 12.7 Å². The molecule has 0 fully saturated rings. The zero-order chi connectivity index (χ0) is 8.97. The molecule has 4 nitrogen and oxygen atoms in total. The number of ether oxygens (including phenoxy) is 2. The maximum atomic E-state index is 10.8. The highest BCUT2D eigenvalue weighted by atomic mass is 16.6. The maximum Gasteiger partial charge on any atom is 0.418 e. The number of rotatable bonds is 2. The van der Waals surface area contributed by atoms with Gasteiger partial charge in [-0.2, -0.15) is 0 Å². The van der Waals surface area contributed by atoms with Gasteiger partial charge in [-0.15, -0.1) is 0 Å². The fourth-order valence-electron chi connectivity index (χ4n) is 0.710. The van der Waals surface area contributed by atoms with Crippen molar-refractivity contribution < 1.29 is 19.1 Å². The molecule has 0 spiro atoms. The van der Waals surface area contributed by atoms with Crippen LogP contribution >= 0.6 is 0 Å². The zero-order valence-corrected chi connectivity index (χ0v) is 6.78. The molecule has 0 bridgehead atoms. The summed E-state index contributed by atoms with van der Waals surface area (Å²) >= 11 is 0. The van der Waals surface area contributed by atoms with Gasteiger partial charge >= 0.3 is 11.9 Å². The number of carbonyl (C=O) groups is 2. The van der Waals surface area contributed by atoms with Crippen molar-refractivity contribution in [3.05, 3.63) is 12.2 Å². The monoisotopic (exact) mass is 170 g/mol. The van der Waals surface area contributed by atoms with Gasteiger partial charge in [-0.3, -0.25) is 0 Å². The molecule has 0 saturated carbocycles. The van der Waals surface area contributed by atoms with E-state index in [0.717, 1.165) is 0 Å². The highest BCUT2D eigenvalue weighted by molar-refractivity contribution is 6.29. The molecule has 0 aliphatic heterocycles. The predicted octanol–water partition coefficient (Wildman–Crippen LogP) is 0.421. The molecule has 66 valence electrons. The van der Waals surface area contributed by atoms with Gasteiger partial charge < -0.3 is 9.47 Å². The predicted molar refractivity (Wildman–Crippen MR) is 40.3 cm³/mol. The van der Waals surface area contributed by atoms with Gasteiger partial charge in [0.1, 0.15) is 6.10 Å². The van der Waals surface area contributed by atoms with Gasteiger partial charge in [0.2, 0.25) is 0 Å². The standard InChI is InChI=1S/C8H10O4/c1-2-11-7(9)8(10)12-6-4-3-5-6/h3-4,6H,2,5H2,1H3. The average molecular weight is 170 g/mol. The van der Waals surface area contributed by atoms with E-state index in [1.807, 2.05) is 6.08 Å². The van der Waals surface area contributed by atoms with E-state index in [2.05, 4.69) is 4.74 Å². The molecule has 0 aromatic rings. The Bertz CT molecular complexity index is 219. The molecule has 0 N–H and O–H groups in total. The lowest BCUT2D eigenvalue weighted by Crippen LogP contribution is -2.27. The van der Waals surface area contributed by atoms with E-state index in [4.69, 9.17) is 4.74 Å². The van der Waals surface area contributed by atoms with Crippen LogP contribution in [0.5, 0.6) is 0 Å². The molecular weight excluding hydrogens is 160 g/mol. The van der Waals surface area contributed by atoms with Crippen molar-refractivity contribution >= 4 is 11.9 Å². The first kappa shape index (κ1) is 8.77.